The van der Waals surface area contributed by atoms with E-state index < -0.39 is 5.97 Å². The largest absolute Gasteiger partial charge is 0.491 e. The molecule has 1 unspecified atom stereocenters. The molecule has 40 heavy (non-hydrogen) atoms. The van der Waals surface area contributed by atoms with Crippen LogP contribution in [0, 0.1) is 0 Å². The summed E-state index contributed by atoms with van der Waals surface area (Å²) < 4.78 is 7.05. The minimum Gasteiger partial charge on any atom is -0.491 e. The fraction of sp³-hybridized carbons (Fsp3) is 0.375. The number of carboxylic acids is 1. The van der Waals surface area contributed by atoms with Gasteiger partial charge in [0.1, 0.15) is 18.2 Å². The van der Waals surface area contributed by atoms with Gasteiger partial charge in [-0.05, 0) is 86.6 Å². The molecule has 0 saturated carbocycles. The number of nitrogens with zero attached hydrogens (tertiary/aromatic N) is 1. The molecule has 1 amide bonds. The number of nitrogens with one attached hydrogen (secondary N) is 2. The number of hydrogen-bond acceptors (Lipinski definition) is 5. The van der Waals surface area contributed by atoms with Crippen molar-refractivity contribution in [2.45, 2.75) is 64.3 Å². The van der Waals surface area contributed by atoms with Crippen LogP contribution in [0.3, 0.4) is 0 Å². The Balaban J connectivity index is 1.33. The third-order valence-electron chi connectivity index (χ3n) is 7.09. The standard InChI is InChI=1S/C32H38BrN3O4/c1-2-3-4-14-30(35-29-13-6-5-12-28(29)33)34-25-17-15-23(16-18-25)20-31(37)36-19-8-10-26(36)22-40-27-11-7-9-24(21-27)32(38)39/h6-7,9,11,13-18,21,26,34-35H,2-5,8,10,12,19-20,22H2,1H3,(H,38,39)/b30-14+. The Morgan fingerprint density at radius 2 is 2.00 bits per heavy atom. The molecule has 1 fully saturated rings. The van der Waals surface area contributed by atoms with Crippen LogP contribution in [0.1, 0.15) is 67.8 Å². The summed E-state index contributed by atoms with van der Waals surface area (Å²) in [5, 5.41) is 16.2. The average molecular weight is 609 g/mol. The van der Waals surface area contributed by atoms with E-state index >= 15 is 0 Å². The number of amides is 1. The van der Waals surface area contributed by atoms with Crippen molar-refractivity contribution in [2.75, 3.05) is 18.5 Å². The number of carbonyl (C=O) groups is 2. The molecule has 1 heterocycles. The molecular formula is C32H38BrN3O4. The van der Waals surface area contributed by atoms with Gasteiger partial charge < -0.3 is 25.4 Å². The first-order chi connectivity index (χ1) is 19.4. The number of rotatable bonds is 13. The van der Waals surface area contributed by atoms with Crippen molar-refractivity contribution in [1.82, 2.24) is 10.2 Å². The number of allylic oxidation sites excluding steroid dienone is 4. The van der Waals surface area contributed by atoms with Gasteiger partial charge in [-0.25, -0.2) is 4.79 Å². The lowest BCUT2D eigenvalue weighted by Gasteiger charge is -2.25. The summed E-state index contributed by atoms with van der Waals surface area (Å²) in [5.74, 6) is 0.539. The van der Waals surface area contributed by atoms with E-state index in [1.54, 1.807) is 12.1 Å². The maximum Gasteiger partial charge on any atom is 0.335 e. The van der Waals surface area contributed by atoms with Gasteiger partial charge in [0.2, 0.25) is 5.91 Å². The Labute approximate surface area is 245 Å². The quantitative estimate of drug-likeness (QED) is 0.213. The number of anilines is 1. The minimum absolute atomic E-state index is 0.0220. The lowest BCUT2D eigenvalue weighted by Crippen LogP contribution is -2.39. The van der Waals surface area contributed by atoms with Gasteiger partial charge in [0, 0.05) is 22.4 Å². The van der Waals surface area contributed by atoms with Crippen molar-refractivity contribution in [3.8, 4) is 5.75 Å². The summed E-state index contributed by atoms with van der Waals surface area (Å²) >= 11 is 3.69. The van der Waals surface area contributed by atoms with Crippen LogP contribution in [0.5, 0.6) is 5.75 Å². The van der Waals surface area contributed by atoms with Crippen molar-refractivity contribution in [3.05, 3.63) is 93.9 Å². The zero-order chi connectivity index (χ0) is 28.3. The third-order valence-corrected chi connectivity index (χ3v) is 7.92. The van der Waals surface area contributed by atoms with Gasteiger partial charge in [-0.3, -0.25) is 4.79 Å². The van der Waals surface area contributed by atoms with E-state index in [1.807, 2.05) is 29.2 Å². The molecule has 0 aromatic heterocycles. The number of ether oxygens (including phenoxy) is 1. The average Bonchev–Trinajstić information content (AvgIpc) is 3.43. The van der Waals surface area contributed by atoms with Gasteiger partial charge >= 0.3 is 5.97 Å². The van der Waals surface area contributed by atoms with Gasteiger partial charge in [-0.2, -0.15) is 0 Å². The fourth-order valence-electron chi connectivity index (χ4n) is 4.86. The van der Waals surface area contributed by atoms with Crippen LogP contribution in [-0.4, -0.2) is 41.1 Å². The molecule has 2 aromatic rings. The van der Waals surface area contributed by atoms with E-state index in [-0.39, 0.29) is 17.5 Å². The van der Waals surface area contributed by atoms with Gasteiger partial charge in [0.05, 0.1) is 18.0 Å². The van der Waals surface area contributed by atoms with E-state index in [1.165, 1.54) is 16.6 Å². The highest BCUT2D eigenvalue weighted by molar-refractivity contribution is 9.11. The topological polar surface area (TPSA) is 90.9 Å². The molecule has 212 valence electrons. The molecule has 0 bridgehead atoms. The van der Waals surface area contributed by atoms with E-state index in [4.69, 9.17) is 4.74 Å². The SMILES string of the molecule is CCCC/C=C(/NC1=C(Br)CCC=C1)Nc1ccc(CC(=O)N2CCCC2COc2cccc(C(=O)O)c2)cc1. The Hall–Kier alpha value is -3.52. The lowest BCUT2D eigenvalue weighted by molar-refractivity contribution is -0.131. The van der Waals surface area contributed by atoms with Gasteiger partial charge in [0.25, 0.3) is 0 Å². The molecule has 0 spiro atoms. The lowest BCUT2D eigenvalue weighted by atomic mass is 10.1. The smallest absolute Gasteiger partial charge is 0.335 e. The Bertz CT molecular complexity index is 1270. The molecule has 7 nitrogen and oxygen atoms in total. The number of aromatic carboxylic acids is 1. The summed E-state index contributed by atoms with van der Waals surface area (Å²) in [5.41, 5.74) is 3.17. The van der Waals surface area contributed by atoms with Crippen molar-refractivity contribution >= 4 is 33.5 Å². The first-order valence-electron chi connectivity index (χ1n) is 14.1. The Morgan fingerprint density at radius 3 is 2.75 bits per heavy atom. The highest BCUT2D eigenvalue weighted by atomic mass is 79.9. The predicted octanol–water partition coefficient (Wildman–Crippen LogP) is 6.99. The summed E-state index contributed by atoms with van der Waals surface area (Å²) in [6, 6.07) is 14.5. The number of hydrogen-bond donors (Lipinski definition) is 3. The normalized spacial score (nSPS) is 17.2. The molecular weight excluding hydrogens is 570 g/mol. The highest BCUT2D eigenvalue weighted by Crippen LogP contribution is 2.24. The van der Waals surface area contributed by atoms with E-state index in [0.717, 1.165) is 67.7 Å². The number of halogens is 1. The van der Waals surface area contributed by atoms with Crippen LogP contribution in [0.4, 0.5) is 5.69 Å². The molecule has 1 atom stereocenters. The Morgan fingerprint density at radius 1 is 1.18 bits per heavy atom. The number of likely N-dealkylation sites (tertiary alicyclic amines) is 1. The van der Waals surface area contributed by atoms with E-state index in [0.29, 0.717) is 25.3 Å². The minimum atomic E-state index is -0.990. The van der Waals surface area contributed by atoms with Crippen LogP contribution >= 0.6 is 15.9 Å². The predicted molar refractivity (Wildman–Crippen MR) is 162 cm³/mol. The zero-order valence-corrected chi connectivity index (χ0v) is 24.6. The summed E-state index contributed by atoms with van der Waals surface area (Å²) in [4.78, 5) is 26.3. The van der Waals surface area contributed by atoms with Crippen LogP contribution in [0.2, 0.25) is 0 Å². The van der Waals surface area contributed by atoms with Crippen LogP contribution in [0.15, 0.2) is 82.8 Å². The molecule has 0 radical (unpaired) electrons. The van der Waals surface area contributed by atoms with Gasteiger partial charge in [-0.15, -0.1) is 0 Å². The Kier molecular flexibility index (Phi) is 10.9. The van der Waals surface area contributed by atoms with Crippen molar-refractivity contribution < 1.29 is 19.4 Å². The van der Waals surface area contributed by atoms with E-state index in [9.17, 15) is 14.7 Å². The monoisotopic (exact) mass is 607 g/mol. The summed E-state index contributed by atoms with van der Waals surface area (Å²) in [6.45, 7) is 3.24. The second-order valence-corrected chi connectivity index (χ2v) is 11.1. The molecule has 4 rings (SSSR count). The second kappa shape index (κ2) is 14.7. The van der Waals surface area contributed by atoms with Crippen molar-refractivity contribution in [1.29, 1.82) is 0 Å². The molecule has 3 N–H and O–H groups in total. The number of carbonyl (C=O) groups excluding carboxylic acids is 1. The second-order valence-electron chi connectivity index (χ2n) is 10.2. The summed E-state index contributed by atoms with van der Waals surface area (Å²) in [7, 11) is 0. The molecule has 2 aromatic carbocycles. The maximum absolute atomic E-state index is 13.2. The molecule has 1 aliphatic heterocycles. The maximum atomic E-state index is 13.2. The number of unbranched alkanes of at least 4 members (excludes halogenated alkanes) is 2. The van der Waals surface area contributed by atoms with Crippen molar-refractivity contribution in [3.63, 3.8) is 0 Å². The molecule has 1 aliphatic carbocycles. The van der Waals surface area contributed by atoms with Crippen LogP contribution in [-0.2, 0) is 11.2 Å². The fourth-order valence-corrected chi connectivity index (χ4v) is 5.32. The molecule has 8 heteroatoms. The highest BCUT2D eigenvalue weighted by Gasteiger charge is 2.29. The van der Waals surface area contributed by atoms with Crippen LogP contribution < -0.4 is 15.4 Å². The molecule has 2 aliphatic rings. The zero-order valence-electron chi connectivity index (χ0n) is 23.0. The molecule has 1 saturated heterocycles. The van der Waals surface area contributed by atoms with E-state index in [2.05, 4.69) is 51.7 Å². The first-order valence-corrected chi connectivity index (χ1v) is 14.9. The third kappa shape index (κ3) is 8.49. The summed E-state index contributed by atoms with van der Waals surface area (Å²) in [6.07, 6.45) is 13.9. The van der Waals surface area contributed by atoms with Gasteiger partial charge in [-0.1, -0.05) is 53.5 Å². The van der Waals surface area contributed by atoms with Crippen LogP contribution in [0.25, 0.3) is 0 Å². The number of carboxylic acid groups (broad SMARTS) is 1. The van der Waals surface area contributed by atoms with Gasteiger partial charge in [0.15, 0.2) is 0 Å². The first kappa shape index (κ1) is 29.5. The van der Waals surface area contributed by atoms with Crippen molar-refractivity contribution in [2.24, 2.45) is 0 Å². The number of benzene rings is 2.